The van der Waals surface area contributed by atoms with Crippen molar-refractivity contribution in [3.8, 4) is 0 Å². The van der Waals surface area contributed by atoms with E-state index in [1.54, 1.807) is 24.3 Å². The van der Waals surface area contributed by atoms with Crippen LogP contribution in [0.25, 0.3) is 0 Å². The van der Waals surface area contributed by atoms with Crippen molar-refractivity contribution in [2.75, 3.05) is 5.75 Å². The Labute approximate surface area is 120 Å². The molecule has 1 unspecified atom stereocenters. The number of H-pyrrole nitrogens is 1. The van der Waals surface area contributed by atoms with Crippen LogP contribution in [0.3, 0.4) is 0 Å². The first-order valence-electron chi connectivity index (χ1n) is 6.34. The molecule has 102 valence electrons. The predicted octanol–water partition coefficient (Wildman–Crippen LogP) is 1.59. The van der Waals surface area contributed by atoms with Crippen LogP contribution in [0, 0.1) is 0 Å². The van der Waals surface area contributed by atoms with Gasteiger partial charge in [0.2, 0.25) is 5.91 Å². The fraction of sp³-hybridized carbons (Fsp3) is 0.214. The first kappa shape index (κ1) is 12.9. The van der Waals surface area contributed by atoms with Crippen molar-refractivity contribution < 1.29 is 4.79 Å². The van der Waals surface area contributed by atoms with E-state index in [0.717, 1.165) is 16.3 Å². The standard InChI is InChI=1S/C14H14N4OS/c19-13(16-7-11-6-15-9-17-11)12-8-20-14(18-12)10-4-2-1-3-5-10/h1-6,9,12H,7-8H2,(H,15,17)(H,16,19). The van der Waals surface area contributed by atoms with Gasteiger partial charge in [-0.3, -0.25) is 9.79 Å². The molecule has 20 heavy (non-hydrogen) atoms. The minimum absolute atomic E-state index is 0.0435. The van der Waals surface area contributed by atoms with Gasteiger partial charge in [0.25, 0.3) is 0 Å². The van der Waals surface area contributed by atoms with Crippen molar-refractivity contribution in [1.29, 1.82) is 0 Å². The highest BCUT2D eigenvalue weighted by molar-refractivity contribution is 8.14. The molecule has 1 aromatic heterocycles. The lowest BCUT2D eigenvalue weighted by atomic mass is 10.2. The molecule has 1 atom stereocenters. The van der Waals surface area contributed by atoms with Crippen molar-refractivity contribution in [1.82, 2.24) is 15.3 Å². The average Bonchev–Trinajstić information content (AvgIpc) is 3.17. The summed E-state index contributed by atoms with van der Waals surface area (Å²) in [4.78, 5) is 23.4. The van der Waals surface area contributed by atoms with Gasteiger partial charge < -0.3 is 10.3 Å². The number of thioether (sulfide) groups is 1. The maximum absolute atomic E-state index is 12.1. The largest absolute Gasteiger partial charge is 0.349 e. The molecular formula is C14H14N4OS. The highest BCUT2D eigenvalue weighted by Crippen LogP contribution is 2.23. The third-order valence-corrected chi connectivity index (χ3v) is 4.08. The second kappa shape index (κ2) is 5.92. The monoisotopic (exact) mass is 286 g/mol. The van der Waals surface area contributed by atoms with Crippen molar-refractivity contribution in [2.45, 2.75) is 12.6 Å². The molecule has 2 heterocycles. The number of aromatic nitrogens is 2. The van der Waals surface area contributed by atoms with E-state index in [1.807, 2.05) is 30.3 Å². The highest BCUT2D eigenvalue weighted by Gasteiger charge is 2.25. The minimum atomic E-state index is -0.307. The van der Waals surface area contributed by atoms with Crippen LogP contribution in [-0.2, 0) is 11.3 Å². The van der Waals surface area contributed by atoms with E-state index in [9.17, 15) is 4.79 Å². The molecule has 3 rings (SSSR count). The summed E-state index contributed by atoms with van der Waals surface area (Å²) in [6, 6.07) is 9.64. The topological polar surface area (TPSA) is 70.1 Å². The number of aliphatic imine (C=N–C) groups is 1. The summed E-state index contributed by atoms with van der Waals surface area (Å²) in [5, 5.41) is 3.81. The van der Waals surface area contributed by atoms with Gasteiger partial charge in [-0.2, -0.15) is 0 Å². The van der Waals surface area contributed by atoms with E-state index in [-0.39, 0.29) is 11.9 Å². The number of nitrogens with zero attached hydrogens (tertiary/aromatic N) is 2. The van der Waals surface area contributed by atoms with Gasteiger partial charge in [0.05, 0.1) is 23.6 Å². The van der Waals surface area contributed by atoms with Gasteiger partial charge >= 0.3 is 0 Å². The molecule has 1 aliphatic rings. The summed E-state index contributed by atoms with van der Waals surface area (Å²) < 4.78 is 0. The molecule has 1 amide bonds. The van der Waals surface area contributed by atoms with Gasteiger partial charge in [-0.05, 0) is 0 Å². The zero-order valence-electron chi connectivity index (χ0n) is 10.7. The molecule has 1 aromatic carbocycles. The number of nitrogens with one attached hydrogen (secondary N) is 2. The smallest absolute Gasteiger partial charge is 0.246 e. The van der Waals surface area contributed by atoms with Crippen LogP contribution in [-0.4, -0.2) is 32.7 Å². The molecule has 0 radical (unpaired) electrons. The number of imidazole rings is 1. The zero-order chi connectivity index (χ0) is 13.8. The number of hydrogen-bond acceptors (Lipinski definition) is 4. The van der Waals surface area contributed by atoms with E-state index in [4.69, 9.17) is 0 Å². The molecule has 0 fully saturated rings. The molecule has 0 saturated heterocycles. The van der Waals surface area contributed by atoms with E-state index < -0.39 is 0 Å². The zero-order valence-corrected chi connectivity index (χ0v) is 11.6. The van der Waals surface area contributed by atoms with Crippen LogP contribution in [0.15, 0.2) is 47.8 Å². The lowest BCUT2D eigenvalue weighted by Crippen LogP contribution is -2.33. The van der Waals surface area contributed by atoms with E-state index in [1.165, 1.54) is 0 Å². The molecule has 1 aliphatic heterocycles. The molecular weight excluding hydrogens is 272 g/mol. The summed E-state index contributed by atoms with van der Waals surface area (Å²) in [7, 11) is 0. The number of hydrogen-bond donors (Lipinski definition) is 2. The molecule has 2 aromatic rings. The van der Waals surface area contributed by atoms with Crippen molar-refractivity contribution in [2.24, 2.45) is 4.99 Å². The molecule has 0 aliphatic carbocycles. The number of carbonyl (C=O) groups excluding carboxylic acids is 1. The van der Waals surface area contributed by atoms with Gasteiger partial charge in [0.15, 0.2) is 0 Å². The third-order valence-electron chi connectivity index (χ3n) is 2.98. The van der Waals surface area contributed by atoms with Crippen LogP contribution >= 0.6 is 11.8 Å². The Bertz CT molecular complexity index is 609. The van der Waals surface area contributed by atoms with Gasteiger partial charge in [-0.1, -0.05) is 30.3 Å². The summed E-state index contributed by atoms with van der Waals surface area (Å²) in [5.74, 6) is 0.650. The fourth-order valence-corrected chi connectivity index (χ4v) is 2.97. The van der Waals surface area contributed by atoms with Crippen LogP contribution in [0.2, 0.25) is 0 Å². The summed E-state index contributed by atoms with van der Waals surface area (Å²) in [6.45, 7) is 0.455. The number of benzene rings is 1. The van der Waals surface area contributed by atoms with Crippen LogP contribution < -0.4 is 5.32 Å². The highest BCUT2D eigenvalue weighted by atomic mass is 32.2. The second-order valence-electron chi connectivity index (χ2n) is 4.42. The van der Waals surface area contributed by atoms with Crippen molar-refractivity contribution in [3.05, 3.63) is 54.1 Å². The van der Waals surface area contributed by atoms with Crippen molar-refractivity contribution in [3.63, 3.8) is 0 Å². The van der Waals surface area contributed by atoms with E-state index in [0.29, 0.717) is 12.3 Å². The van der Waals surface area contributed by atoms with Gasteiger partial charge in [0.1, 0.15) is 6.04 Å². The van der Waals surface area contributed by atoms with Crippen LogP contribution in [0.4, 0.5) is 0 Å². The average molecular weight is 286 g/mol. The Kier molecular flexibility index (Phi) is 3.83. The Hall–Kier alpha value is -2.08. The first-order valence-corrected chi connectivity index (χ1v) is 7.32. The molecule has 0 bridgehead atoms. The number of carbonyl (C=O) groups is 1. The van der Waals surface area contributed by atoms with E-state index in [2.05, 4.69) is 20.3 Å². The third kappa shape index (κ3) is 2.91. The quantitative estimate of drug-likeness (QED) is 0.896. The lowest BCUT2D eigenvalue weighted by Gasteiger charge is -2.06. The number of amides is 1. The fourth-order valence-electron chi connectivity index (χ4n) is 1.93. The summed E-state index contributed by atoms with van der Waals surface area (Å²) in [5.41, 5.74) is 1.96. The van der Waals surface area contributed by atoms with Crippen molar-refractivity contribution >= 4 is 22.7 Å². The van der Waals surface area contributed by atoms with Gasteiger partial charge in [-0.15, -0.1) is 11.8 Å². The Balaban J connectivity index is 1.61. The number of aromatic amines is 1. The van der Waals surface area contributed by atoms with Gasteiger partial charge in [0, 0.05) is 17.5 Å². The molecule has 0 spiro atoms. The molecule has 2 N–H and O–H groups in total. The normalized spacial score (nSPS) is 17.8. The maximum Gasteiger partial charge on any atom is 0.246 e. The minimum Gasteiger partial charge on any atom is -0.349 e. The predicted molar refractivity (Wildman–Crippen MR) is 79.7 cm³/mol. The van der Waals surface area contributed by atoms with Crippen LogP contribution in [0.1, 0.15) is 11.3 Å². The Morgan fingerprint density at radius 3 is 3.00 bits per heavy atom. The first-order chi connectivity index (χ1) is 9.83. The van der Waals surface area contributed by atoms with E-state index >= 15 is 0 Å². The SMILES string of the molecule is O=C(NCc1cnc[nH]1)C1CSC(c2ccccc2)=N1. The summed E-state index contributed by atoms with van der Waals surface area (Å²) >= 11 is 1.62. The molecule has 0 saturated carbocycles. The Morgan fingerprint density at radius 1 is 1.40 bits per heavy atom. The Morgan fingerprint density at radius 2 is 2.25 bits per heavy atom. The molecule has 5 nitrogen and oxygen atoms in total. The summed E-state index contributed by atoms with van der Waals surface area (Å²) in [6.07, 6.45) is 3.29. The second-order valence-corrected chi connectivity index (χ2v) is 5.43. The van der Waals surface area contributed by atoms with Gasteiger partial charge in [-0.25, -0.2) is 4.98 Å². The van der Waals surface area contributed by atoms with Crippen LogP contribution in [0.5, 0.6) is 0 Å². The number of rotatable bonds is 4. The lowest BCUT2D eigenvalue weighted by molar-refractivity contribution is -0.121. The molecule has 6 heteroatoms. The maximum atomic E-state index is 12.1.